The topological polar surface area (TPSA) is 51.8 Å². The zero-order chi connectivity index (χ0) is 17.5. The number of hydrogen-bond donors (Lipinski definition) is 0. The molecule has 6 heteroatoms. The van der Waals surface area contributed by atoms with Gasteiger partial charge in [-0.05, 0) is 54.4 Å². The molecule has 0 bridgehead atoms. The Labute approximate surface area is 150 Å². The minimum atomic E-state index is -0.679. The third-order valence-corrected chi connectivity index (χ3v) is 5.59. The first-order chi connectivity index (χ1) is 11.6. The van der Waals surface area contributed by atoms with Crippen molar-refractivity contribution in [3.8, 4) is 6.19 Å². The molecule has 0 aromatic heterocycles. The van der Waals surface area contributed by atoms with Gasteiger partial charge in [0.05, 0.1) is 17.0 Å². The smallest absolute Gasteiger partial charge is 0.212 e. The zero-order valence-corrected chi connectivity index (χ0v) is 15.5. The van der Waals surface area contributed by atoms with Crippen LogP contribution >= 0.6 is 11.6 Å². The van der Waals surface area contributed by atoms with Gasteiger partial charge in [-0.25, -0.2) is 4.99 Å². The number of nitrogens with zero attached hydrogens (tertiary/aromatic N) is 4. The number of hydrogen-bond acceptors (Lipinski definition) is 3. The van der Waals surface area contributed by atoms with Gasteiger partial charge in [0.15, 0.2) is 0 Å². The second-order valence-electron chi connectivity index (χ2n) is 5.18. The van der Waals surface area contributed by atoms with Crippen LogP contribution in [0.15, 0.2) is 61.6 Å². The fourth-order valence-corrected chi connectivity index (χ4v) is 3.84. The number of aliphatic imine (C=N–C) groups is 1. The number of benzene rings is 2. The van der Waals surface area contributed by atoms with Gasteiger partial charge in [0.2, 0.25) is 6.19 Å². The first-order valence-corrected chi connectivity index (χ1v) is 9.06. The summed E-state index contributed by atoms with van der Waals surface area (Å²) in [5.41, 5.74) is 1.73. The lowest BCUT2D eigenvalue weighted by Crippen LogP contribution is -2.14. The third kappa shape index (κ3) is 4.44. The number of aryl methyl sites for hydroxylation is 1. The summed E-state index contributed by atoms with van der Waals surface area (Å²) < 4.78 is 4.11. The van der Waals surface area contributed by atoms with Crippen molar-refractivity contribution < 1.29 is 0 Å². The molecule has 0 aliphatic rings. The van der Waals surface area contributed by atoms with Crippen LogP contribution in [0.4, 0.5) is 5.69 Å². The van der Waals surface area contributed by atoms with Gasteiger partial charge in [-0.1, -0.05) is 29.8 Å². The second-order valence-corrected chi connectivity index (χ2v) is 7.25. The van der Waals surface area contributed by atoms with E-state index in [4.69, 9.17) is 16.9 Å². The van der Waals surface area contributed by atoms with E-state index in [1.807, 2.05) is 67.5 Å². The molecule has 24 heavy (non-hydrogen) atoms. The summed E-state index contributed by atoms with van der Waals surface area (Å²) in [6, 6.07) is 13.6. The molecule has 0 amide bonds. The SMILES string of the molecule is CCN(C)C=Nc1cc(C)c(/S(=N\C#N)c2ccccc2)cc1Cl. The van der Waals surface area contributed by atoms with E-state index >= 15 is 0 Å². The largest absolute Gasteiger partial charge is 0.366 e. The summed E-state index contributed by atoms with van der Waals surface area (Å²) in [6.45, 7) is 4.91. The van der Waals surface area contributed by atoms with E-state index < -0.39 is 10.7 Å². The first kappa shape index (κ1) is 18.2. The van der Waals surface area contributed by atoms with Crippen LogP contribution in [0.1, 0.15) is 12.5 Å². The molecule has 0 aliphatic heterocycles. The Morgan fingerprint density at radius 1 is 1.29 bits per heavy atom. The molecule has 0 spiro atoms. The highest BCUT2D eigenvalue weighted by Crippen LogP contribution is 2.32. The average Bonchev–Trinajstić information content (AvgIpc) is 2.60. The molecular weight excluding hydrogens is 340 g/mol. The minimum Gasteiger partial charge on any atom is -0.366 e. The van der Waals surface area contributed by atoms with Gasteiger partial charge in [0, 0.05) is 23.4 Å². The highest BCUT2D eigenvalue weighted by atomic mass is 35.5. The number of halogens is 1. The zero-order valence-electron chi connectivity index (χ0n) is 13.9. The van der Waals surface area contributed by atoms with Gasteiger partial charge in [0.1, 0.15) is 0 Å². The maximum absolute atomic E-state index is 9.07. The van der Waals surface area contributed by atoms with E-state index in [1.165, 1.54) is 0 Å². The summed E-state index contributed by atoms with van der Waals surface area (Å²) in [7, 11) is 1.28. The van der Waals surface area contributed by atoms with Crippen LogP contribution in [0.25, 0.3) is 0 Å². The maximum atomic E-state index is 9.07. The second kappa shape index (κ2) is 8.62. The monoisotopic (exact) mass is 358 g/mol. The number of nitriles is 1. The van der Waals surface area contributed by atoms with Crippen LogP contribution in [0.2, 0.25) is 5.02 Å². The van der Waals surface area contributed by atoms with Gasteiger partial charge in [-0.2, -0.15) is 5.26 Å². The highest BCUT2D eigenvalue weighted by Gasteiger charge is 2.12. The molecule has 0 saturated heterocycles. The Kier molecular flexibility index (Phi) is 6.53. The molecule has 0 saturated carbocycles. The van der Waals surface area contributed by atoms with Crippen molar-refractivity contribution in [1.29, 1.82) is 5.26 Å². The summed E-state index contributed by atoms with van der Waals surface area (Å²) in [4.78, 5) is 8.33. The quantitative estimate of drug-likeness (QED) is 0.431. The highest BCUT2D eigenvalue weighted by molar-refractivity contribution is 7.87. The van der Waals surface area contributed by atoms with E-state index in [1.54, 1.807) is 6.34 Å². The fraction of sp³-hybridized carbons (Fsp3) is 0.222. The lowest BCUT2D eigenvalue weighted by atomic mass is 10.2. The Morgan fingerprint density at radius 3 is 2.62 bits per heavy atom. The van der Waals surface area contributed by atoms with E-state index in [9.17, 15) is 0 Å². The van der Waals surface area contributed by atoms with Crippen molar-refractivity contribution in [2.75, 3.05) is 13.6 Å². The van der Waals surface area contributed by atoms with Gasteiger partial charge < -0.3 is 4.90 Å². The lowest BCUT2D eigenvalue weighted by molar-refractivity contribution is 0.552. The van der Waals surface area contributed by atoms with E-state index in [2.05, 4.69) is 16.3 Å². The Morgan fingerprint density at radius 2 is 2.00 bits per heavy atom. The van der Waals surface area contributed by atoms with E-state index in [0.29, 0.717) is 10.7 Å². The summed E-state index contributed by atoms with van der Waals surface area (Å²) >= 11 is 6.41. The average molecular weight is 359 g/mol. The molecule has 0 aliphatic carbocycles. The normalized spacial score (nSPS) is 12.3. The maximum Gasteiger partial charge on any atom is 0.212 e. The van der Waals surface area contributed by atoms with Crippen LogP contribution < -0.4 is 0 Å². The molecule has 1 unspecified atom stereocenters. The predicted octanol–water partition coefficient (Wildman–Crippen LogP) is 4.96. The molecule has 1 atom stereocenters. The molecule has 124 valence electrons. The summed E-state index contributed by atoms with van der Waals surface area (Å²) in [6.07, 6.45) is 3.69. The summed E-state index contributed by atoms with van der Waals surface area (Å²) in [5, 5.41) is 9.63. The van der Waals surface area contributed by atoms with Crippen LogP contribution in [0, 0.1) is 18.4 Å². The van der Waals surface area contributed by atoms with Crippen molar-refractivity contribution in [1.82, 2.24) is 4.90 Å². The summed E-state index contributed by atoms with van der Waals surface area (Å²) in [5.74, 6) is 0. The molecule has 2 aromatic carbocycles. The van der Waals surface area contributed by atoms with Gasteiger partial charge in [-0.3, -0.25) is 0 Å². The van der Waals surface area contributed by atoms with Crippen LogP contribution in [0.3, 0.4) is 0 Å². The molecule has 0 fully saturated rings. The van der Waals surface area contributed by atoms with Crippen molar-refractivity contribution >= 4 is 34.3 Å². The van der Waals surface area contributed by atoms with Gasteiger partial charge >= 0.3 is 0 Å². The van der Waals surface area contributed by atoms with Gasteiger partial charge in [-0.15, -0.1) is 4.36 Å². The van der Waals surface area contributed by atoms with Gasteiger partial charge in [0.25, 0.3) is 0 Å². The van der Waals surface area contributed by atoms with Crippen molar-refractivity contribution in [3.05, 3.63) is 53.1 Å². The number of rotatable bonds is 5. The molecular formula is C18H19ClN4S. The van der Waals surface area contributed by atoms with Crippen molar-refractivity contribution in [2.45, 2.75) is 23.6 Å². The van der Waals surface area contributed by atoms with Crippen LogP contribution in [0.5, 0.6) is 0 Å². The molecule has 2 aromatic rings. The van der Waals surface area contributed by atoms with E-state index in [0.717, 1.165) is 21.9 Å². The Balaban J connectivity index is 2.48. The minimum absolute atomic E-state index is 0.554. The Bertz CT molecular complexity index is 810. The Hall–Kier alpha value is -2.16. The predicted molar refractivity (Wildman–Crippen MR) is 101 cm³/mol. The molecule has 0 N–H and O–H groups in total. The first-order valence-electron chi connectivity index (χ1n) is 7.50. The molecule has 2 rings (SSSR count). The van der Waals surface area contributed by atoms with Crippen LogP contribution in [-0.2, 0) is 10.7 Å². The fourth-order valence-electron chi connectivity index (χ4n) is 2.02. The standard InChI is InChI=1S/C18H19ClN4S/c1-4-23(3)13-21-17-10-14(2)18(11-16(17)19)24(22-12-20)15-8-6-5-7-9-15/h5-11,13H,4H2,1-3H3. The lowest BCUT2D eigenvalue weighted by Gasteiger charge is -2.13. The molecule has 0 heterocycles. The molecule has 4 nitrogen and oxygen atoms in total. The van der Waals surface area contributed by atoms with Crippen molar-refractivity contribution in [3.63, 3.8) is 0 Å². The molecule has 0 radical (unpaired) electrons. The third-order valence-electron chi connectivity index (χ3n) is 3.44. The van der Waals surface area contributed by atoms with Crippen LogP contribution in [-0.4, -0.2) is 24.8 Å². The van der Waals surface area contributed by atoms with Crippen molar-refractivity contribution in [2.24, 2.45) is 9.36 Å². The van der Waals surface area contributed by atoms with E-state index in [-0.39, 0.29) is 0 Å².